The highest BCUT2D eigenvalue weighted by atomic mass is 19.4. The Morgan fingerprint density at radius 3 is 2.69 bits per heavy atom. The van der Waals surface area contributed by atoms with Crippen molar-refractivity contribution in [3.8, 4) is 5.75 Å². The van der Waals surface area contributed by atoms with Crippen LogP contribution >= 0.6 is 0 Å². The fraction of sp³-hybridized carbons (Fsp3) is 0.360. The molecule has 3 aromatic rings. The average molecular weight is 486 g/mol. The van der Waals surface area contributed by atoms with E-state index < -0.39 is 17.8 Å². The van der Waals surface area contributed by atoms with Gasteiger partial charge < -0.3 is 15.0 Å². The summed E-state index contributed by atoms with van der Waals surface area (Å²) in [4.78, 5) is 16.1. The number of fused-ring (bicyclic) bond motifs is 1. The summed E-state index contributed by atoms with van der Waals surface area (Å²) < 4.78 is 47.3. The van der Waals surface area contributed by atoms with E-state index >= 15 is 0 Å². The maximum atomic E-state index is 13.9. The van der Waals surface area contributed by atoms with Gasteiger partial charge in [0.15, 0.2) is 5.82 Å². The van der Waals surface area contributed by atoms with E-state index in [0.717, 1.165) is 36.8 Å². The van der Waals surface area contributed by atoms with Gasteiger partial charge in [0.1, 0.15) is 11.3 Å². The minimum atomic E-state index is -4.64. The van der Waals surface area contributed by atoms with Crippen LogP contribution < -0.4 is 15.1 Å². The van der Waals surface area contributed by atoms with Gasteiger partial charge in [-0.2, -0.15) is 18.2 Å². The van der Waals surface area contributed by atoms with Gasteiger partial charge in [-0.3, -0.25) is 4.84 Å². The van der Waals surface area contributed by atoms with Crippen LogP contribution in [-0.2, 0) is 24.0 Å². The zero-order chi connectivity index (χ0) is 24.6. The molecule has 10 heteroatoms. The molecule has 0 bridgehead atoms. The number of hydroxylamine groups is 1. The van der Waals surface area contributed by atoms with E-state index in [-0.39, 0.29) is 18.4 Å². The number of hydrogen-bond donors (Lipinski definition) is 1. The Morgan fingerprint density at radius 2 is 1.94 bits per heavy atom. The van der Waals surface area contributed by atoms with Crippen molar-refractivity contribution in [2.75, 3.05) is 37.7 Å². The summed E-state index contributed by atoms with van der Waals surface area (Å²) in [6.45, 7) is 2.01. The van der Waals surface area contributed by atoms with Crippen molar-refractivity contribution < 1.29 is 22.7 Å². The van der Waals surface area contributed by atoms with Crippen molar-refractivity contribution in [3.63, 3.8) is 0 Å². The van der Waals surface area contributed by atoms with Crippen molar-refractivity contribution in [1.82, 2.24) is 14.9 Å². The molecule has 5 rings (SSSR count). The van der Waals surface area contributed by atoms with E-state index in [1.807, 2.05) is 49.5 Å². The topological polar surface area (TPSA) is 62.8 Å². The third-order valence-corrected chi connectivity index (χ3v) is 6.34. The number of halogens is 3. The lowest BCUT2D eigenvalue weighted by Gasteiger charge is -2.27. The average Bonchev–Trinajstić information content (AvgIpc) is 3.33. The highest BCUT2D eigenvalue weighted by Crippen LogP contribution is 2.42. The number of nitrogens with one attached hydrogen (secondary N) is 1. The van der Waals surface area contributed by atoms with Crippen LogP contribution in [0.4, 0.5) is 30.6 Å². The monoisotopic (exact) mass is 485 g/mol. The van der Waals surface area contributed by atoms with Crippen molar-refractivity contribution in [2.45, 2.75) is 31.6 Å². The van der Waals surface area contributed by atoms with Crippen molar-refractivity contribution in [2.24, 2.45) is 0 Å². The lowest BCUT2D eigenvalue weighted by atomic mass is 9.99. The summed E-state index contributed by atoms with van der Waals surface area (Å²) in [5, 5.41) is 4.32. The van der Waals surface area contributed by atoms with Crippen molar-refractivity contribution in [1.29, 1.82) is 0 Å². The Morgan fingerprint density at radius 1 is 1.14 bits per heavy atom. The van der Waals surface area contributed by atoms with E-state index in [1.54, 1.807) is 7.11 Å². The van der Waals surface area contributed by atoms with Gasteiger partial charge >= 0.3 is 6.18 Å². The largest absolute Gasteiger partial charge is 0.495 e. The Balaban J connectivity index is 1.52. The van der Waals surface area contributed by atoms with Gasteiger partial charge in [-0.1, -0.05) is 30.3 Å². The highest BCUT2D eigenvalue weighted by Gasteiger charge is 2.40. The molecule has 0 amide bonds. The number of rotatable bonds is 5. The lowest BCUT2D eigenvalue weighted by Crippen LogP contribution is -2.27. The summed E-state index contributed by atoms with van der Waals surface area (Å²) in [5.41, 5.74) is 2.81. The number of nitrogens with zero attached hydrogens (tertiary/aromatic N) is 4. The Bertz CT molecular complexity index is 1210. The number of ether oxygens (including phenoxy) is 1. The van der Waals surface area contributed by atoms with E-state index in [2.05, 4.69) is 20.2 Å². The minimum Gasteiger partial charge on any atom is -0.495 e. The summed E-state index contributed by atoms with van der Waals surface area (Å²) >= 11 is 0. The zero-order valence-corrected chi connectivity index (χ0v) is 19.5. The second kappa shape index (κ2) is 9.35. The molecule has 0 saturated carbocycles. The van der Waals surface area contributed by atoms with Crippen LogP contribution in [0.3, 0.4) is 0 Å². The molecular formula is C25H26F3N5O2. The second-order valence-corrected chi connectivity index (χ2v) is 8.74. The normalized spacial score (nSPS) is 18.4. The van der Waals surface area contributed by atoms with Gasteiger partial charge in [-0.05, 0) is 42.3 Å². The third-order valence-electron chi connectivity index (χ3n) is 6.34. The summed E-state index contributed by atoms with van der Waals surface area (Å²) in [6, 6.07) is 12.8. The molecule has 0 radical (unpaired) electrons. The molecule has 1 N–H and O–H groups in total. The second-order valence-electron chi connectivity index (χ2n) is 8.74. The van der Waals surface area contributed by atoms with Crippen LogP contribution in [0.15, 0.2) is 48.7 Å². The van der Waals surface area contributed by atoms with Gasteiger partial charge in [-0.15, -0.1) is 0 Å². The quantitative estimate of drug-likeness (QED) is 0.538. The van der Waals surface area contributed by atoms with Gasteiger partial charge in [0.2, 0.25) is 5.95 Å². The predicted molar refractivity (Wildman–Crippen MR) is 126 cm³/mol. The van der Waals surface area contributed by atoms with Crippen LogP contribution in [0.25, 0.3) is 0 Å². The number of methoxy groups -OCH3 is 1. The smallest absolute Gasteiger partial charge is 0.421 e. The van der Waals surface area contributed by atoms with Gasteiger partial charge in [0, 0.05) is 25.7 Å². The Labute approximate surface area is 201 Å². The zero-order valence-electron chi connectivity index (χ0n) is 19.5. The van der Waals surface area contributed by atoms with Crippen LogP contribution in [-0.4, -0.2) is 42.2 Å². The summed E-state index contributed by atoms with van der Waals surface area (Å²) in [5.74, 6) is 0.286. The number of alkyl halides is 3. The number of hydrogen-bond acceptors (Lipinski definition) is 7. The third kappa shape index (κ3) is 4.76. The standard InChI is InChI=1S/C25H26F3N5O2/c1-32-10-8-17-13-22(34-2)20(12-18(17)15-32)30-24-29-14-19(25(26,27)28)23(31-24)33-21(9-11-35-33)16-6-4-3-5-7-16/h3-7,12-14,21H,8-11,15H2,1-2H3,(H,29,30,31)/t21-/m0/s1. The van der Waals surface area contributed by atoms with Crippen LogP contribution in [0.5, 0.6) is 5.75 Å². The maximum absolute atomic E-state index is 13.9. The number of likely N-dealkylation sites (N-methyl/N-ethyl adjacent to an activating group) is 1. The predicted octanol–water partition coefficient (Wildman–Crippen LogP) is 5.12. The van der Waals surface area contributed by atoms with Crippen LogP contribution in [0, 0.1) is 0 Å². The van der Waals surface area contributed by atoms with Gasteiger partial charge in [0.25, 0.3) is 0 Å². The first-order valence-electron chi connectivity index (χ1n) is 11.4. The molecule has 0 spiro atoms. The molecule has 2 aliphatic heterocycles. The fourth-order valence-corrected chi connectivity index (χ4v) is 4.57. The molecule has 184 valence electrons. The van der Waals surface area contributed by atoms with Gasteiger partial charge in [-0.25, -0.2) is 10.0 Å². The molecule has 0 aliphatic carbocycles. The van der Waals surface area contributed by atoms with E-state index in [0.29, 0.717) is 17.9 Å². The van der Waals surface area contributed by atoms with Crippen LogP contribution in [0.2, 0.25) is 0 Å². The first-order valence-corrected chi connectivity index (χ1v) is 11.4. The molecule has 35 heavy (non-hydrogen) atoms. The van der Waals surface area contributed by atoms with Crippen molar-refractivity contribution in [3.05, 3.63) is 70.9 Å². The minimum absolute atomic E-state index is 0.0257. The molecule has 0 unspecified atom stereocenters. The fourth-order valence-electron chi connectivity index (χ4n) is 4.57. The van der Waals surface area contributed by atoms with E-state index in [4.69, 9.17) is 9.57 Å². The first-order chi connectivity index (χ1) is 16.8. The molecule has 2 aromatic carbocycles. The van der Waals surface area contributed by atoms with Gasteiger partial charge in [0.05, 0.1) is 25.4 Å². The van der Waals surface area contributed by atoms with E-state index in [9.17, 15) is 13.2 Å². The van der Waals surface area contributed by atoms with Crippen molar-refractivity contribution >= 4 is 17.5 Å². The highest BCUT2D eigenvalue weighted by molar-refractivity contribution is 5.66. The number of anilines is 3. The summed E-state index contributed by atoms with van der Waals surface area (Å²) in [7, 11) is 3.61. The molecule has 1 atom stereocenters. The lowest BCUT2D eigenvalue weighted by molar-refractivity contribution is -0.138. The SMILES string of the molecule is COc1cc2c(cc1Nc1ncc(C(F)(F)F)c(N3OCC[C@H]3c3ccccc3)n1)CN(C)CC2. The first kappa shape index (κ1) is 23.4. The molecule has 1 saturated heterocycles. The number of benzene rings is 2. The molecule has 1 aromatic heterocycles. The molecule has 1 fully saturated rings. The Kier molecular flexibility index (Phi) is 6.24. The molecule has 3 heterocycles. The molecular weight excluding hydrogens is 459 g/mol. The maximum Gasteiger partial charge on any atom is 0.421 e. The number of aromatic nitrogens is 2. The summed E-state index contributed by atoms with van der Waals surface area (Å²) in [6.07, 6.45) is -2.40. The van der Waals surface area contributed by atoms with E-state index in [1.165, 1.54) is 10.6 Å². The molecule has 2 aliphatic rings. The molecule has 7 nitrogen and oxygen atoms in total. The Hall–Kier alpha value is -3.37. The van der Waals surface area contributed by atoms with Crippen LogP contribution in [0.1, 0.15) is 34.7 Å².